The van der Waals surface area contributed by atoms with Crippen LogP contribution in [0.3, 0.4) is 0 Å². The fourth-order valence-electron chi connectivity index (χ4n) is 1.98. The van der Waals surface area contributed by atoms with Crippen molar-refractivity contribution >= 4 is 17.6 Å². The number of carbonyl (C=O) groups is 2. The maximum Gasteiger partial charge on any atom is 0.325 e. The van der Waals surface area contributed by atoms with Gasteiger partial charge in [-0.25, -0.2) is 0 Å². The second-order valence-corrected chi connectivity index (χ2v) is 4.33. The van der Waals surface area contributed by atoms with Crippen LogP contribution in [0.4, 0.5) is 5.69 Å². The molecule has 0 unspecified atom stereocenters. The summed E-state index contributed by atoms with van der Waals surface area (Å²) in [7, 11) is 0. The molecule has 1 aromatic heterocycles. The Bertz CT molecular complexity index is 437. The summed E-state index contributed by atoms with van der Waals surface area (Å²) in [6, 6.07) is 0. The van der Waals surface area contributed by atoms with E-state index in [-0.39, 0.29) is 18.4 Å². The van der Waals surface area contributed by atoms with E-state index in [1.807, 2.05) is 0 Å². The summed E-state index contributed by atoms with van der Waals surface area (Å²) in [6.07, 6.45) is 4.64. The van der Waals surface area contributed by atoms with Crippen molar-refractivity contribution in [1.82, 2.24) is 15.1 Å². The van der Waals surface area contributed by atoms with Gasteiger partial charge in [-0.3, -0.25) is 14.3 Å². The molecule has 1 aliphatic rings. The van der Waals surface area contributed by atoms with Gasteiger partial charge in [0, 0.05) is 12.1 Å². The second-order valence-electron chi connectivity index (χ2n) is 4.33. The van der Waals surface area contributed by atoms with Crippen molar-refractivity contribution in [3.05, 3.63) is 12.4 Å². The molecule has 3 N–H and O–H groups in total. The highest BCUT2D eigenvalue weighted by molar-refractivity contribution is 5.92. The van der Waals surface area contributed by atoms with E-state index in [9.17, 15) is 9.59 Å². The molecule has 0 spiro atoms. The molecule has 18 heavy (non-hydrogen) atoms. The minimum Gasteiger partial charge on any atom is -0.480 e. The van der Waals surface area contributed by atoms with Crippen molar-refractivity contribution in [2.45, 2.75) is 19.4 Å². The SMILES string of the molecule is O=C(O)Cn1cc(NC(=O)C2CCNCC2)cn1. The Morgan fingerprint density at radius 1 is 1.50 bits per heavy atom. The third-order valence-electron chi connectivity index (χ3n) is 2.91. The maximum atomic E-state index is 11.9. The van der Waals surface area contributed by atoms with Crippen molar-refractivity contribution in [2.24, 2.45) is 5.92 Å². The number of hydrogen-bond acceptors (Lipinski definition) is 4. The van der Waals surface area contributed by atoms with Gasteiger partial charge in [0.2, 0.25) is 5.91 Å². The van der Waals surface area contributed by atoms with Gasteiger partial charge in [0.1, 0.15) is 6.54 Å². The number of amides is 1. The third kappa shape index (κ3) is 3.30. The van der Waals surface area contributed by atoms with E-state index in [0.29, 0.717) is 5.69 Å². The summed E-state index contributed by atoms with van der Waals surface area (Å²) in [6.45, 7) is 1.51. The number of nitrogens with one attached hydrogen (secondary N) is 2. The molecular formula is C11H16N4O3. The molecule has 0 bridgehead atoms. The Balaban J connectivity index is 1.90. The van der Waals surface area contributed by atoms with Crippen molar-refractivity contribution in [1.29, 1.82) is 0 Å². The number of aliphatic carboxylic acids is 1. The van der Waals surface area contributed by atoms with Crippen LogP contribution in [0.15, 0.2) is 12.4 Å². The maximum absolute atomic E-state index is 11.9. The van der Waals surface area contributed by atoms with E-state index >= 15 is 0 Å². The molecule has 0 aliphatic carbocycles. The van der Waals surface area contributed by atoms with E-state index in [0.717, 1.165) is 25.9 Å². The minimum atomic E-state index is -0.964. The molecule has 0 radical (unpaired) electrons. The number of carboxylic acid groups (broad SMARTS) is 1. The minimum absolute atomic E-state index is 0.0219. The topological polar surface area (TPSA) is 96.2 Å². The van der Waals surface area contributed by atoms with Gasteiger partial charge in [-0.1, -0.05) is 0 Å². The highest BCUT2D eigenvalue weighted by atomic mass is 16.4. The van der Waals surface area contributed by atoms with Crippen LogP contribution in [-0.2, 0) is 16.1 Å². The molecule has 1 aromatic rings. The first-order valence-corrected chi connectivity index (χ1v) is 5.91. The van der Waals surface area contributed by atoms with Gasteiger partial charge in [-0.2, -0.15) is 5.10 Å². The molecular weight excluding hydrogens is 236 g/mol. The average molecular weight is 252 g/mol. The number of hydrogen-bond donors (Lipinski definition) is 3. The van der Waals surface area contributed by atoms with Crippen molar-refractivity contribution in [2.75, 3.05) is 18.4 Å². The molecule has 0 aromatic carbocycles. The number of anilines is 1. The summed E-state index contributed by atoms with van der Waals surface area (Å²) < 4.78 is 1.28. The molecule has 1 fully saturated rings. The molecule has 98 valence electrons. The number of piperidine rings is 1. The molecule has 0 saturated carbocycles. The number of rotatable bonds is 4. The zero-order chi connectivity index (χ0) is 13.0. The summed E-state index contributed by atoms with van der Waals surface area (Å²) in [5, 5.41) is 18.4. The summed E-state index contributed by atoms with van der Waals surface area (Å²) in [5.41, 5.74) is 0.541. The second kappa shape index (κ2) is 5.63. The van der Waals surface area contributed by atoms with Crippen LogP contribution in [0.25, 0.3) is 0 Å². The lowest BCUT2D eigenvalue weighted by molar-refractivity contribution is -0.137. The van der Waals surface area contributed by atoms with Crippen LogP contribution in [0.1, 0.15) is 12.8 Å². The predicted octanol–water partition coefficient (Wildman–Crippen LogP) is -0.0942. The van der Waals surface area contributed by atoms with E-state index in [1.54, 1.807) is 0 Å². The first kappa shape index (κ1) is 12.6. The first-order chi connectivity index (χ1) is 8.65. The monoisotopic (exact) mass is 252 g/mol. The van der Waals surface area contributed by atoms with Crippen molar-refractivity contribution in [3.63, 3.8) is 0 Å². The number of aromatic nitrogens is 2. The van der Waals surface area contributed by atoms with Gasteiger partial charge in [-0.05, 0) is 25.9 Å². The van der Waals surface area contributed by atoms with E-state index in [4.69, 9.17) is 5.11 Å². The highest BCUT2D eigenvalue weighted by Gasteiger charge is 2.21. The Hall–Kier alpha value is -1.89. The average Bonchev–Trinajstić information content (AvgIpc) is 2.76. The van der Waals surface area contributed by atoms with Crippen LogP contribution in [0.5, 0.6) is 0 Å². The largest absolute Gasteiger partial charge is 0.480 e. The zero-order valence-corrected chi connectivity index (χ0v) is 9.93. The van der Waals surface area contributed by atoms with Gasteiger partial charge in [0.15, 0.2) is 0 Å². The lowest BCUT2D eigenvalue weighted by Gasteiger charge is -2.21. The first-order valence-electron chi connectivity index (χ1n) is 5.91. The summed E-state index contributed by atoms with van der Waals surface area (Å²) in [4.78, 5) is 22.4. The Kier molecular flexibility index (Phi) is 3.93. The molecule has 1 saturated heterocycles. The molecule has 7 heteroatoms. The van der Waals surface area contributed by atoms with Crippen LogP contribution >= 0.6 is 0 Å². The van der Waals surface area contributed by atoms with E-state index in [1.165, 1.54) is 17.1 Å². The molecule has 0 atom stereocenters. The smallest absolute Gasteiger partial charge is 0.325 e. The van der Waals surface area contributed by atoms with Crippen LogP contribution in [0, 0.1) is 5.92 Å². The van der Waals surface area contributed by atoms with Crippen molar-refractivity contribution < 1.29 is 14.7 Å². The molecule has 1 aliphatic heterocycles. The molecule has 2 heterocycles. The lowest BCUT2D eigenvalue weighted by Crippen LogP contribution is -2.34. The van der Waals surface area contributed by atoms with Gasteiger partial charge in [0.25, 0.3) is 0 Å². The fraction of sp³-hybridized carbons (Fsp3) is 0.545. The van der Waals surface area contributed by atoms with Gasteiger partial charge in [0.05, 0.1) is 11.9 Å². The quantitative estimate of drug-likeness (QED) is 0.695. The Labute approximate surface area is 104 Å². The Morgan fingerprint density at radius 3 is 2.89 bits per heavy atom. The highest BCUT2D eigenvalue weighted by Crippen LogP contribution is 2.15. The summed E-state index contributed by atoms with van der Waals surface area (Å²) in [5.74, 6) is -0.963. The van der Waals surface area contributed by atoms with Crippen LogP contribution < -0.4 is 10.6 Å². The van der Waals surface area contributed by atoms with Crippen molar-refractivity contribution in [3.8, 4) is 0 Å². The number of carboxylic acids is 1. The standard InChI is InChI=1S/C11H16N4O3/c16-10(17)7-15-6-9(5-13-15)14-11(18)8-1-3-12-4-2-8/h5-6,8,12H,1-4,7H2,(H,14,18)(H,16,17). The molecule has 7 nitrogen and oxygen atoms in total. The zero-order valence-electron chi connectivity index (χ0n) is 9.93. The Morgan fingerprint density at radius 2 is 2.22 bits per heavy atom. The predicted molar refractivity (Wildman–Crippen MR) is 64.1 cm³/mol. The van der Waals surface area contributed by atoms with Crippen LogP contribution in [-0.4, -0.2) is 39.9 Å². The third-order valence-corrected chi connectivity index (χ3v) is 2.91. The normalized spacial score (nSPS) is 16.4. The fourth-order valence-corrected chi connectivity index (χ4v) is 1.98. The van der Waals surface area contributed by atoms with Gasteiger partial charge >= 0.3 is 5.97 Å². The van der Waals surface area contributed by atoms with E-state index in [2.05, 4.69) is 15.7 Å². The van der Waals surface area contributed by atoms with E-state index < -0.39 is 5.97 Å². The lowest BCUT2D eigenvalue weighted by atomic mass is 9.97. The molecule has 2 rings (SSSR count). The van der Waals surface area contributed by atoms with Gasteiger partial charge < -0.3 is 15.7 Å². The van der Waals surface area contributed by atoms with Crippen LogP contribution in [0.2, 0.25) is 0 Å². The van der Waals surface area contributed by atoms with Gasteiger partial charge in [-0.15, -0.1) is 0 Å². The molecule has 1 amide bonds. The number of nitrogens with zero attached hydrogens (tertiary/aromatic N) is 2. The number of carbonyl (C=O) groups excluding carboxylic acids is 1. The summed E-state index contributed by atoms with van der Waals surface area (Å²) >= 11 is 0.